The quantitative estimate of drug-likeness (QED) is 0.790. The molecule has 0 bridgehead atoms. The van der Waals surface area contributed by atoms with Crippen LogP contribution in [0.4, 0.5) is 4.79 Å². The van der Waals surface area contributed by atoms with Crippen LogP contribution in [0, 0.1) is 0 Å². The zero-order chi connectivity index (χ0) is 12.1. The number of carbonyl (C=O) groups excluding carboxylic acids is 1. The second-order valence-electron chi connectivity index (χ2n) is 3.56. The Hall–Kier alpha value is -0.560. The number of hydrogen-bond donors (Lipinski definition) is 2. The molecule has 0 spiro atoms. The lowest BCUT2D eigenvalue weighted by Crippen LogP contribution is -2.47. The molecule has 1 rings (SSSR count). The molecule has 5 nitrogen and oxygen atoms in total. The van der Waals surface area contributed by atoms with E-state index in [1.165, 1.54) is 16.7 Å². The number of rotatable bonds is 4. The number of urea groups is 1. The van der Waals surface area contributed by atoms with Gasteiger partial charge < -0.3 is 15.3 Å². The highest BCUT2D eigenvalue weighted by molar-refractivity contribution is 7.99. The molecular formula is C9H16N2O3S2. The van der Waals surface area contributed by atoms with Gasteiger partial charge in [-0.2, -0.15) is 11.8 Å². The first-order chi connectivity index (χ1) is 7.56. The van der Waals surface area contributed by atoms with Crippen LogP contribution < -0.4 is 5.32 Å². The van der Waals surface area contributed by atoms with Crippen molar-refractivity contribution in [3.05, 3.63) is 0 Å². The lowest BCUT2D eigenvalue weighted by molar-refractivity contribution is -0.140. The first-order valence-electron chi connectivity index (χ1n) is 4.94. The van der Waals surface area contributed by atoms with Crippen molar-refractivity contribution in [2.24, 2.45) is 0 Å². The molecule has 1 aliphatic heterocycles. The normalized spacial score (nSPS) is 21.9. The van der Waals surface area contributed by atoms with E-state index in [0.29, 0.717) is 23.4 Å². The molecule has 16 heavy (non-hydrogen) atoms. The number of carboxylic acids is 1. The molecular weight excluding hydrogens is 248 g/mol. The van der Waals surface area contributed by atoms with Crippen LogP contribution >= 0.6 is 23.5 Å². The van der Waals surface area contributed by atoms with E-state index in [0.717, 1.165) is 0 Å². The molecule has 0 saturated carbocycles. The van der Waals surface area contributed by atoms with Crippen molar-refractivity contribution in [2.45, 2.75) is 18.2 Å². The minimum atomic E-state index is -0.932. The summed E-state index contributed by atoms with van der Waals surface area (Å²) in [5.41, 5.74) is 0. The highest BCUT2D eigenvalue weighted by Gasteiger charge is 2.34. The van der Waals surface area contributed by atoms with Crippen LogP contribution in [0.1, 0.15) is 6.92 Å². The third-order valence-electron chi connectivity index (χ3n) is 2.37. The maximum Gasteiger partial charge on any atom is 0.327 e. The largest absolute Gasteiger partial charge is 0.480 e. The zero-order valence-corrected chi connectivity index (χ0v) is 10.9. The molecule has 1 saturated heterocycles. The predicted molar refractivity (Wildman–Crippen MR) is 67.0 cm³/mol. The summed E-state index contributed by atoms with van der Waals surface area (Å²) in [5.74, 6) is -0.00449. The first-order valence-corrected chi connectivity index (χ1v) is 7.38. The Kier molecular flexibility index (Phi) is 5.27. The maximum atomic E-state index is 11.7. The van der Waals surface area contributed by atoms with Crippen LogP contribution in [0.25, 0.3) is 0 Å². The topological polar surface area (TPSA) is 69.6 Å². The van der Waals surface area contributed by atoms with Crippen molar-refractivity contribution in [3.63, 3.8) is 0 Å². The molecule has 2 amide bonds. The lowest BCUT2D eigenvalue weighted by atomic mass is 10.3. The monoisotopic (exact) mass is 264 g/mol. The summed E-state index contributed by atoms with van der Waals surface area (Å²) in [6.45, 7) is 2.58. The molecule has 0 aliphatic carbocycles. The molecule has 0 aromatic carbocycles. The van der Waals surface area contributed by atoms with E-state index in [4.69, 9.17) is 5.11 Å². The minimum absolute atomic E-state index is 0.279. The van der Waals surface area contributed by atoms with Crippen LogP contribution in [-0.4, -0.2) is 57.7 Å². The fourth-order valence-electron chi connectivity index (χ4n) is 1.26. The van der Waals surface area contributed by atoms with Gasteiger partial charge >= 0.3 is 12.0 Å². The number of carboxylic acid groups (broad SMARTS) is 1. The SMILES string of the molecule is CSC(C)CNC(=O)N1CSC[C@H]1C(=O)O. The van der Waals surface area contributed by atoms with Crippen molar-refractivity contribution >= 4 is 35.5 Å². The number of nitrogens with one attached hydrogen (secondary N) is 1. The van der Waals surface area contributed by atoms with Crippen molar-refractivity contribution in [1.29, 1.82) is 0 Å². The van der Waals surface area contributed by atoms with Crippen molar-refractivity contribution < 1.29 is 14.7 Å². The van der Waals surface area contributed by atoms with Gasteiger partial charge in [-0.1, -0.05) is 6.92 Å². The van der Waals surface area contributed by atoms with Gasteiger partial charge in [0.1, 0.15) is 6.04 Å². The first kappa shape index (κ1) is 13.5. The molecule has 1 fully saturated rings. The summed E-state index contributed by atoms with van der Waals surface area (Å²) in [5, 5.41) is 12.0. The smallest absolute Gasteiger partial charge is 0.327 e. The minimum Gasteiger partial charge on any atom is -0.480 e. The van der Waals surface area contributed by atoms with Crippen LogP contribution in [0.3, 0.4) is 0 Å². The molecule has 1 unspecified atom stereocenters. The molecule has 0 aromatic heterocycles. The van der Waals surface area contributed by atoms with Crippen LogP contribution in [0.2, 0.25) is 0 Å². The van der Waals surface area contributed by atoms with Crippen molar-refractivity contribution in [1.82, 2.24) is 10.2 Å². The summed E-state index contributed by atoms with van der Waals surface area (Å²) < 4.78 is 0. The second-order valence-corrected chi connectivity index (χ2v) is 5.83. The molecule has 2 N–H and O–H groups in total. The Balaban J connectivity index is 2.44. The van der Waals surface area contributed by atoms with Crippen molar-refractivity contribution in [3.8, 4) is 0 Å². The number of hydrogen-bond acceptors (Lipinski definition) is 4. The van der Waals surface area contributed by atoms with Crippen LogP contribution in [0.15, 0.2) is 0 Å². The number of aliphatic carboxylic acids is 1. The van der Waals surface area contributed by atoms with Crippen LogP contribution in [-0.2, 0) is 4.79 Å². The van der Waals surface area contributed by atoms with E-state index < -0.39 is 12.0 Å². The van der Waals surface area contributed by atoms with Gasteiger partial charge in [0.05, 0.1) is 5.88 Å². The van der Waals surface area contributed by atoms with Gasteiger partial charge in [0.15, 0.2) is 0 Å². The Labute approximate surface area is 103 Å². The Bertz CT molecular complexity index is 275. The van der Waals surface area contributed by atoms with Gasteiger partial charge in [0.25, 0.3) is 0 Å². The number of thioether (sulfide) groups is 2. The summed E-state index contributed by atoms with van der Waals surface area (Å²) in [6, 6.07) is -0.965. The number of carbonyl (C=O) groups is 2. The van der Waals surface area contributed by atoms with E-state index in [2.05, 4.69) is 5.32 Å². The van der Waals surface area contributed by atoms with Crippen LogP contribution in [0.5, 0.6) is 0 Å². The van der Waals surface area contributed by atoms with E-state index in [1.807, 2.05) is 13.2 Å². The Morgan fingerprint density at radius 3 is 2.94 bits per heavy atom. The van der Waals surface area contributed by atoms with Gasteiger partial charge in [0, 0.05) is 17.5 Å². The van der Waals surface area contributed by atoms with E-state index >= 15 is 0 Å². The van der Waals surface area contributed by atoms with E-state index in [9.17, 15) is 9.59 Å². The maximum absolute atomic E-state index is 11.7. The molecule has 0 aromatic rings. The molecule has 1 aliphatic rings. The molecule has 0 radical (unpaired) electrons. The summed E-state index contributed by atoms with van der Waals surface area (Å²) >= 11 is 3.13. The zero-order valence-electron chi connectivity index (χ0n) is 9.30. The van der Waals surface area contributed by atoms with Gasteiger partial charge in [-0.3, -0.25) is 0 Å². The fraction of sp³-hybridized carbons (Fsp3) is 0.778. The summed E-state index contributed by atoms with van der Waals surface area (Å²) in [4.78, 5) is 24.0. The lowest BCUT2D eigenvalue weighted by Gasteiger charge is -2.21. The highest BCUT2D eigenvalue weighted by atomic mass is 32.2. The average Bonchev–Trinajstić information content (AvgIpc) is 2.74. The third kappa shape index (κ3) is 3.48. The van der Waals surface area contributed by atoms with Gasteiger partial charge in [-0.15, -0.1) is 11.8 Å². The fourth-order valence-corrected chi connectivity index (χ4v) is 2.66. The molecule has 7 heteroatoms. The predicted octanol–water partition coefficient (Wildman–Crippen LogP) is 0.907. The number of amides is 2. The van der Waals surface area contributed by atoms with Crippen molar-refractivity contribution in [2.75, 3.05) is 24.4 Å². The molecule has 1 heterocycles. The van der Waals surface area contributed by atoms with E-state index in [-0.39, 0.29) is 6.03 Å². The molecule has 92 valence electrons. The Morgan fingerprint density at radius 1 is 1.69 bits per heavy atom. The highest BCUT2D eigenvalue weighted by Crippen LogP contribution is 2.20. The summed E-state index contributed by atoms with van der Waals surface area (Å²) in [7, 11) is 0. The third-order valence-corrected chi connectivity index (χ3v) is 4.35. The average molecular weight is 264 g/mol. The molecule has 2 atom stereocenters. The van der Waals surface area contributed by atoms with Gasteiger partial charge in [-0.05, 0) is 6.26 Å². The standard InChI is InChI=1S/C9H16N2O3S2/c1-6(15-2)3-10-9(14)11-5-16-4-7(11)8(12)13/h6-7H,3-5H2,1-2H3,(H,10,14)(H,12,13)/t6?,7-/m0/s1. The van der Waals surface area contributed by atoms with Gasteiger partial charge in [0.2, 0.25) is 0 Å². The summed E-state index contributed by atoms with van der Waals surface area (Å²) in [6.07, 6.45) is 1.97. The second kappa shape index (κ2) is 6.24. The number of nitrogens with zero attached hydrogens (tertiary/aromatic N) is 1. The van der Waals surface area contributed by atoms with Gasteiger partial charge in [-0.25, -0.2) is 9.59 Å². The van der Waals surface area contributed by atoms with E-state index in [1.54, 1.807) is 11.8 Å². The Morgan fingerprint density at radius 2 is 2.38 bits per heavy atom.